The van der Waals surface area contributed by atoms with Crippen LogP contribution < -0.4 is 5.32 Å². The van der Waals surface area contributed by atoms with E-state index < -0.39 is 12.0 Å². The molecule has 0 saturated carbocycles. The minimum absolute atomic E-state index is 0.462. The van der Waals surface area contributed by atoms with E-state index in [9.17, 15) is 9.90 Å². The fourth-order valence-corrected chi connectivity index (χ4v) is 3.43. The van der Waals surface area contributed by atoms with Crippen molar-refractivity contribution in [2.45, 2.75) is 25.9 Å². The Bertz CT molecular complexity index is 791. The van der Waals surface area contributed by atoms with Gasteiger partial charge in [0, 0.05) is 34.9 Å². The molecular formula is C17H18N2O2S. The molecule has 3 N–H and O–H groups in total. The van der Waals surface area contributed by atoms with Crippen LogP contribution in [0, 0.1) is 6.92 Å². The van der Waals surface area contributed by atoms with E-state index in [-0.39, 0.29) is 0 Å². The number of rotatable bonds is 6. The number of aliphatic carboxylic acids is 1. The Kier molecular flexibility index (Phi) is 4.27. The molecule has 114 valence electrons. The van der Waals surface area contributed by atoms with Crippen molar-refractivity contribution in [2.24, 2.45) is 0 Å². The molecule has 5 heteroatoms. The standard InChI is InChI=1S/C17H18N2O2S/c1-11-6-7-22-16(11)10-19-15(17(20)21)8-12-9-18-14-5-3-2-4-13(12)14/h2-7,9,15,18-19H,8,10H2,1H3,(H,20,21). The van der Waals surface area contributed by atoms with Gasteiger partial charge in [0.15, 0.2) is 0 Å². The number of fused-ring (bicyclic) bond motifs is 1. The smallest absolute Gasteiger partial charge is 0.321 e. The highest BCUT2D eigenvalue weighted by Crippen LogP contribution is 2.20. The molecule has 1 unspecified atom stereocenters. The summed E-state index contributed by atoms with van der Waals surface area (Å²) in [7, 11) is 0. The largest absolute Gasteiger partial charge is 0.480 e. The molecule has 2 aromatic heterocycles. The van der Waals surface area contributed by atoms with E-state index in [0.29, 0.717) is 13.0 Å². The maximum absolute atomic E-state index is 11.5. The van der Waals surface area contributed by atoms with Crippen LogP contribution in [0.5, 0.6) is 0 Å². The molecule has 2 heterocycles. The summed E-state index contributed by atoms with van der Waals surface area (Å²) in [5.74, 6) is -0.820. The number of aromatic amines is 1. The van der Waals surface area contributed by atoms with Gasteiger partial charge in [-0.1, -0.05) is 18.2 Å². The average Bonchev–Trinajstić information content (AvgIpc) is 3.10. The van der Waals surface area contributed by atoms with E-state index >= 15 is 0 Å². The van der Waals surface area contributed by atoms with Gasteiger partial charge in [-0.3, -0.25) is 10.1 Å². The summed E-state index contributed by atoms with van der Waals surface area (Å²) >= 11 is 1.65. The molecule has 3 rings (SSSR count). The molecule has 0 aliphatic rings. The van der Waals surface area contributed by atoms with E-state index in [4.69, 9.17) is 0 Å². The van der Waals surface area contributed by atoms with E-state index in [2.05, 4.69) is 16.4 Å². The topological polar surface area (TPSA) is 65.1 Å². The number of H-pyrrole nitrogens is 1. The second-order valence-corrected chi connectivity index (χ2v) is 6.36. The van der Waals surface area contributed by atoms with Gasteiger partial charge in [-0.25, -0.2) is 0 Å². The van der Waals surface area contributed by atoms with Gasteiger partial charge in [0.05, 0.1) is 0 Å². The molecule has 0 saturated heterocycles. The summed E-state index contributed by atoms with van der Waals surface area (Å²) < 4.78 is 0. The highest BCUT2D eigenvalue weighted by Gasteiger charge is 2.19. The van der Waals surface area contributed by atoms with Crippen molar-refractivity contribution in [1.29, 1.82) is 0 Å². The quantitative estimate of drug-likeness (QED) is 0.654. The Labute approximate surface area is 132 Å². The van der Waals surface area contributed by atoms with Gasteiger partial charge in [0.1, 0.15) is 6.04 Å². The van der Waals surface area contributed by atoms with Crippen LogP contribution in [-0.2, 0) is 17.8 Å². The fourth-order valence-electron chi connectivity index (χ4n) is 2.57. The summed E-state index contributed by atoms with van der Waals surface area (Å²) in [5.41, 5.74) is 3.27. The van der Waals surface area contributed by atoms with Crippen LogP contribution in [-0.4, -0.2) is 22.1 Å². The third-order valence-electron chi connectivity index (χ3n) is 3.87. The number of hydrogen-bond donors (Lipinski definition) is 3. The summed E-state index contributed by atoms with van der Waals surface area (Å²) in [4.78, 5) is 15.9. The Morgan fingerprint density at radius 1 is 1.36 bits per heavy atom. The van der Waals surface area contributed by atoms with Crippen molar-refractivity contribution < 1.29 is 9.90 Å². The molecule has 4 nitrogen and oxygen atoms in total. The Balaban J connectivity index is 1.74. The lowest BCUT2D eigenvalue weighted by molar-refractivity contribution is -0.139. The van der Waals surface area contributed by atoms with Crippen molar-refractivity contribution in [3.8, 4) is 0 Å². The Morgan fingerprint density at radius 3 is 2.91 bits per heavy atom. The number of para-hydroxylation sites is 1. The maximum atomic E-state index is 11.5. The molecule has 0 aliphatic carbocycles. The third-order valence-corrected chi connectivity index (χ3v) is 4.90. The SMILES string of the molecule is Cc1ccsc1CNC(Cc1c[nH]c2ccccc12)C(=O)O. The zero-order chi connectivity index (χ0) is 15.5. The first-order chi connectivity index (χ1) is 10.6. The number of carbonyl (C=O) groups is 1. The van der Waals surface area contributed by atoms with Crippen molar-refractivity contribution in [3.63, 3.8) is 0 Å². The fraction of sp³-hybridized carbons (Fsp3) is 0.235. The number of carboxylic acid groups (broad SMARTS) is 1. The molecule has 3 aromatic rings. The molecule has 22 heavy (non-hydrogen) atoms. The molecule has 0 amide bonds. The van der Waals surface area contributed by atoms with Gasteiger partial charge in [-0.15, -0.1) is 11.3 Å². The van der Waals surface area contributed by atoms with Gasteiger partial charge in [-0.2, -0.15) is 0 Å². The first-order valence-electron chi connectivity index (χ1n) is 7.19. The van der Waals surface area contributed by atoms with E-state index in [1.54, 1.807) is 11.3 Å². The molecular weight excluding hydrogens is 296 g/mol. The highest BCUT2D eigenvalue weighted by atomic mass is 32.1. The van der Waals surface area contributed by atoms with Crippen molar-refractivity contribution in [1.82, 2.24) is 10.3 Å². The Morgan fingerprint density at radius 2 is 2.18 bits per heavy atom. The van der Waals surface area contributed by atoms with E-state index in [0.717, 1.165) is 16.5 Å². The zero-order valence-electron chi connectivity index (χ0n) is 12.3. The number of hydrogen-bond acceptors (Lipinski definition) is 3. The number of carboxylic acids is 1. The second kappa shape index (κ2) is 6.34. The Hall–Kier alpha value is -2.11. The molecule has 0 aliphatic heterocycles. The van der Waals surface area contributed by atoms with Crippen LogP contribution in [0.2, 0.25) is 0 Å². The summed E-state index contributed by atoms with van der Waals surface area (Å²) in [6.45, 7) is 2.63. The van der Waals surface area contributed by atoms with Crippen molar-refractivity contribution >= 4 is 28.2 Å². The number of aromatic nitrogens is 1. The average molecular weight is 314 g/mol. The van der Waals surface area contributed by atoms with Crippen LogP contribution >= 0.6 is 11.3 Å². The first-order valence-corrected chi connectivity index (χ1v) is 8.07. The van der Waals surface area contributed by atoms with Crippen molar-refractivity contribution in [2.75, 3.05) is 0 Å². The van der Waals surface area contributed by atoms with Gasteiger partial charge in [-0.05, 0) is 35.6 Å². The molecule has 0 bridgehead atoms. The number of aryl methyl sites for hydroxylation is 1. The molecule has 0 fully saturated rings. The molecule has 1 atom stereocenters. The van der Waals surface area contributed by atoms with Gasteiger partial charge in [0.25, 0.3) is 0 Å². The summed E-state index contributed by atoms with van der Waals surface area (Å²) in [6, 6.07) is 9.41. The predicted molar refractivity (Wildman–Crippen MR) is 89.3 cm³/mol. The number of thiophene rings is 1. The number of nitrogens with one attached hydrogen (secondary N) is 2. The van der Waals surface area contributed by atoms with Crippen LogP contribution in [0.3, 0.4) is 0 Å². The maximum Gasteiger partial charge on any atom is 0.321 e. The van der Waals surface area contributed by atoms with Crippen LogP contribution in [0.4, 0.5) is 0 Å². The lowest BCUT2D eigenvalue weighted by Gasteiger charge is -2.14. The summed E-state index contributed by atoms with van der Waals surface area (Å²) in [6.07, 6.45) is 2.36. The minimum Gasteiger partial charge on any atom is -0.480 e. The van der Waals surface area contributed by atoms with Crippen LogP contribution in [0.1, 0.15) is 16.0 Å². The molecule has 1 aromatic carbocycles. The van der Waals surface area contributed by atoms with Gasteiger partial charge < -0.3 is 10.1 Å². The van der Waals surface area contributed by atoms with Gasteiger partial charge >= 0.3 is 5.97 Å². The lowest BCUT2D eigenvalue weighted by Crippen LogP contribution is -2.38. The normalized spacial score (nSPS) is 12.6. The zero-order valence-corrected chi connectivity index (χ0v) is 13.1. The predicted octanol–water partition coefficient (Wildman–Crippen LogP) is 3.32. The summed E-state index contributed by atoms with van der Waals surface area (Å²) in [5, 5.41) is 15.8. The van der Waals surface area contributed by atoms with Crippen molar-refractivity contribution in [3.05, 3.63) is 57.9 Å². The molecule has 0 spiro atoms. The van der Waals surface area contributed by atoms with Crippen LogP contribution in [0.25, 0.3) is 10.9 Å². The number of benzene rings is 1. The molecule has 0 radical (unpaired) electrons. The first kappa shape index (κ1) is 14.8. The lowest BCUT2D eigenvalue weighted by atomic mass is 10.0. The van der Waals surface area contributed by atoms with E-state index in [1.165, 1.54) is 10.4 Å². The second-order valence-electron chi connectivity index (χ2n) is 5.36. The minimum atomic E-state index is -0.820. The van der Waals surface area contributed by atoms with Crippen LogP contribution in [0.15, 0.2) is 41.9 Å². The monoisotopic (exact) mass is 314 g/mol. The van der Waals surface area contributed by atoms with Gasteiger partial charge in [0.2, 0.25) is 0 Å². The third kappa shape index (κ3) is 3.05. The highest BCUT2D eigenvalue weighted by molar-refractivity contribution is 7.10. The van der Waals surface area contributed by atoms with E-state index in [1.807, 2.05) is 42.8 Å².